The smallest absolute Gasteiger partial charge is 0.497 e. The molecule has 0 saturated heterocycles. The number of alkyl halides is 3. The zero-order valence-corrected chi connectivity index (χ0v) is 17.4. The number of nitrogens with zero attached hydrogens (tertiary/aromatic N) is 1. The summed E-state index contributed by atoms with van der Waals surface area (Å²) in [7, 11) is 1.58. The lowest BCUT2D eigenvalue weighted by Gasteiger charge is -2.11. The molecule has 3 aromatic carbocycles. The summed E-state index contributed by atoms with van der Waals surface area (Å²) >= 11 is 0. The number of rotatable bonds is 5. The van der Waals surface area contributed by atoms with Gasteiger partial charge in [0.15, 0.2) is 0 Å². The van der Waals surface area contributed by atoms with Gasteiger partial charge in [0, 0.05) is 28.2 Å². The van der Waals surface area contributed by atoms with Crippen LogP contribution in [0.4, 0.5) is 13.2 Å². The van der Waals surface area contributed by atoms with Crippen molar-refractivity contribution in [3.63, 3.8) is 0 Å². The molecule has 2 N–H and O–H groups in total. The monoisotopic (exact) mass is 449 g/mol. The number of nitrogens with one attached hydrogen (secondary N) is 2. The molecule has 5 nitrogen and oxygen atoms in total. The van der Waals surface area contributed by atoms with E-state index in [9.17, 15) is 13.2 Å². The highest BCUT2D eigenvalue weighted by atomic mass is 19.4. The van der Waals surface area contributed by atoms with Crippen molar-refractivity contribution in [2.45, 2.75) is 6.36 Å². The lowest BCUT2D eigenvalue weighted by molar-refractivity contribution is -0.274. The predicted molar refractivity (Wildman–Crippen MR) is 120 cm³/mol. The topological polar surface area (TPSA) is 62.9 Å². The molecule has 0 amide bonds. The molecule has 0 aliphatic rings. The van der Waals surface area contributed by atoms with E-state index in [2.05, 4.69) is 14.7 Å². The van der Waals surface area contributed by atoms with Crippen LogP contribution in [0.5, 0.6) is 11.5 Å². The molecule has 5 rings (SSSR count). The first-order valence-electron chi connectivity index (χ1n) is 10.1. The first kappa shape index (κ1) is 20.7. The third-order valence-corrected chi connectivity index (χ3v) is 5.29. The first-order chi connectivity index (χ1) is 15.9. The molecule has 0 aliphatic heterocycles. The Hall–Kier alpha value is -4.20. The van der Waals surface area contributed by atoms with Crippen LogP contribution in [0.2, 0.25) is 0 Å². The second-order valence-electron chi connectivity index (χ2n) is 7.33. The number of fused-ring (bicyclic) bond motifs is 1. The molecule has 0 unspecified atom stereocenters. The lowest BCUT2D eigenvalue weighted by atomic mass is 10.0. The van der Waals surface area contributed by atoms with Crippen molar-refractivity contribution in [3.05, 3.63) is 79.0 Å². The third kappa shape index (κ3) is 4.03. The Morgan fingerprint density at radius 1 is 0.848 bits per heavy atom. The van der Waals surface area contributed by atoms with E-state index >= 15 is 0 Å². The molecule has 166 valence electrons. The second kappa shape index (κ2) is 8.05. The number of ether oxygens (including phenoxy) is 2. The summed E-state index contributed by atoms with van der Waals surface area (Å²) in [6.45, 7) is 0. The summed E-state index contributed by atoms with van der Waals surface area (Å²) < 4.78 is 48.5. The Kier molecular flexibility index (Phi) is 5.05. The van der Waals surface area contributed by atoms with E-state index in [0.29, 0.717) is 17.1 Å². The molecule has 0 spiro atoms. The molecule has 0 atom stereocenters. The van der Waals surface area contributed by atoms with Crippen LogP contribution < -0.4 is 9.47 Å². The van der Waals surface area contributed by atoms with Crippen LogP contribution in [0, 0.1) is 0 Å². The fraction of sp³-hybridized carbons (Fsp3) is 0.0800. The number of aromatic nitrogens is 3. The number of benzene rings is 3. The van der Waals surface area contributed by atoms with Crippen LogP contribution in [0.25, 0.3) is 44.8 Å². The van der Waals surface area contributed by atoms with Crippen LogP contribution in [0.3, 0.4) is 0 Å². The molecule has 0 aliphatic carbocycles. The lowest BCUT2D eigenvalue weighted by Crippen LogP contribution is -2.17. The van der Waals surface area contributed by atoms with Gasteiger partial charge < -0.3 is 19.4 Å². The van der Waals surface area contributed by atoms with E-state index in [1.54, 1.807) is 13.2 Å². The van der Waals surface area contributed by atoms with Gasteiger partial charge in [-0.25, -0.2) is 4.98 Å². The molecular weight excluding hydrogens is 431 g/mol. The molecule has 8 heteroatoms. The van der Waals surface area contributed by atoms with Gasteiger partial charge >= 0.3 is 6.36 Å². The van der Waals surface area contributed by atoms with Crippen LogP contribution >= 0.6 is 0 Å². The minimum atomic E-state index is -4.82. The van der Waals surface area contributed by atoms with E-state index in [-0.39, 0.29) is 17.1 Å². The van der Waals surface area contributed by atoms with Crippen molar-refractivity contribution < 1.29 is 22.6 Å². The number of para-hydroxylation sites is 2. The van der Waals surface area contributed by atoms with E-state index < -0.39 is 6.36 Å². The maximum atomic E-state index is 13.0. The van der Waals surface area contributed by atoms with Gasteiger partial charge in [-0.15, -0.1) is 13.2 Å². The Labute approximate surface area is 186 Å². The summed E-state index contributed by atoms with van der Waals surface area (Å²) in [5.41, 5.74) is 4.05. The fourth-order valence-electron chi connectivity index (χ4n) is 3.81. The molecule has 2 aromatic heterocycles. The Morgan fingerprint density at radius 3 is 2.33 bits per heavy atom. The van der Waals surface area contributed by atoms with Crippen LogP contribution in [0.1, 0.15) is 0 Å². The minimum absolute atomic E-state index is 0.204. The van der Waals surface area contributed by atoms with Gasteiger partial charge in [-0.3, -0.25) is 0 Å². The zero-order valence-electron chi connectivity index (χ0n) is 17.4. The van der Waals surface area contributed by atoms with Crippen LogP contribution in [0.15, 0.2) is 79.0 Å². The summed E-state index contributed by atoms with van der Waals surface area (Å²) in [6, 6.07) is 21.0. The summed E-state index contributed by atoms with van der Waals surface area (Å²) in [6.07, 6.45) is -2.96. The maximum Gasteiger partial charge on any atom is 0.573 e. The van der Waals surface area contributed by atoms with E-state index in [1.807, 2.05) is 54.7 Å². The number of hydrogen-bond acceptors (Lipinski definition) is 3. The Bertz CT molecular complexity index is 1420. The van der Waals surface area contributed by atoms with Gasteiger partial charge in [0.25, 0.3) is 0 Å². The standard InChI is InChI=1S/C25H18F3N3O2/c1-32-16-12-10-15(11-13-16)22-23(19-14-29-20-8-4-2-6-17(19)20)31-24(30-22)18-7-3-5-9-21(18)33-25(26,27)28/h2-14,29H,1H3,(H,30,31). The van der Waals surface area contributed by atoms with Gasteiger partial charge in [-0.1, -0.05) is 30.3 Å². The van der Waals surface area contributed by atoms with Crippen molar-refractivity contribution in [2.75, 3.05) is 7.11 Å². The molecule has 0 fully saturated rings. The molecule has 5 aromatic rings. The van der Waals surface area contributed by atoms with Crippen LogP contribution in [-0.2, 0) is 0 Å². The summed E-state index contributed by atoms with van der Waals surface area (Å²) in [5, 5.41) is 0.960. The predicted octanol–water partition coefficient (Wildman–Crippen LogP) is 6.80. The van der Waals surface area contributed by atoms with Crippen molar-refractivity contribution >= 4 is 10.9 Å². The highest BCUT2D eigenvalue weighted by Gasteiger charge is 2.32. The van der Waals surface area contributed by atoms with Gasteiger partial charge in [-0.2, -0.15) is 0 Å². The highest BCUT2D eigenvalue weighted by molar-refractivity contribution is 5.98. The number of imidazole rings is 1. The van der Waals surface area contributed by atoms with E-state index in [1.165, 1.54) is 18.2 Å². The molecule has 0 radical (unpaired) electrons. The van der Waals surface area contributed by atoms with Crippen molar-refractivity contribution in [1.29, 1.82) is 0 Å². The molecule has 0 bridgehead atoms. The van der Waals surface area contributed by atoms with Crippen LogP contribution in [-0.4, -0.2) is 28.4 Å². The number of H-pyrrole nitrogens is 2. The molecule has 2 heterocycles. The SMILES string of the molecule is COc1ccc(-c2nc(-c3ccccc3OC(F)(F)F)[nH]c2-c2c[nH]c3ccccc23)cc1. The minimum Gasteiger partial charge on any atom is -0.497 e. The highest BCUT2D eigenvalue weighted by Crippen LogP contribution is 2.39. The second-order valence-corrected chi connectivity index (χ2v) is 7.33. The van der Waals surface area contributed by atoms with Crippen molar-refractivity contribution in [2.24, 2.45) is 0 Å². The molecule has 0 saturated carbocycles. The van der Waals surface area contributed by atoms with Gasteiger partial charge in [-0.05, 0) is 42.5 Å². The zero-order chi connectivity index (χ0) is 23.0. The first-order valence-corrected chi connectivity index (χ1v) is 10.1. The summed E-state index contributed by atoms with van der Waals surface area (Å²) in [5.74, 6) is 0.624. The summed E-state index contributed by atoms with van der Waals surface area (Å²) in [4.78, 5) is 11.2. The normalized spacial score (nSPS) is 11.6. The fourth-order valence-corrected chi connectivity index (χ4v) is 3.81. The van der Waals surface area contributed by atoms with E-state index in [0.717, 1.165) is 22.0 Å². The van der Waals surface area contributed by atoms with Gasteiger partial charge in [0.2, 0.25) is 0 Å². The van der Waals surface area contributed by atoms with Gasteiger partial charge in [0.05, 0.1) is 24.1 Å². The number of methoxy groups -OCH3 is 1. The van der Waals surface area contributed by atoms with Crippen molar-refractivity contribution in [1.82, 2.24) is 15.0 Å². The average Bonchev–Trinajstić information content (AvgIpc) is 3.43. The van der Waals surface area contributed by atoms with Gasteiger partial charge in [0.1, 0.15) is 17.3 Å². The number of hydrogen-bond donors (Lipinski definition) is 2. The quantitative estimate of drug-likeness (QED) is 0.310. The van der Waals surface area contributed by atoms with E-state index in [4.69, 9.17) is 9.72 Å². The number of aromatic amines is 2. The Balaban J connectivity index is 1.71. The Morgan fingerprint density at radius 2 is 1.58 bits per heavy atom. The molecular formula is C25H18F3N3O2. The maximum absolute atomic E-state index is 13.0. The third-order valence-electron chi connectivity index (χ3n) is 5.29. The molecule has 33 heavy (non-hydrogen) atoms. The number of halogens is 3. The van der Waals surface area contributed by atoms with Crippen molar-refractivity contribution in [3.8, 4) is 45.4 Å². The largest absolute Gasteiger partial charge is 0.573 e. The average molecular weight is 449 g/mol.